The van der Waals surface area contributed by atoms with Crippen molar-refractivity contribution in [1.29, 1.82) is 0 Å². The summed E-state index contributed by atoms with van der Waals surface area (Å²) in [4.78, 5) is 8.16. The van der Waals surface area contributed by atoms with E-state index >= 15 is 0 Å². The van der Waals surface area contributed by atoms with Crippen LogP contribution < -0.4 is 5.73 Å². The maximum Gasteiger partial charge on any atom is 0.220 e. The van der Waals surface area contributed by atoms with Crippen LogP contribution in [0.15, 0.2) is 64.5 Å². The standard InChI is InChI=1S/C17H14ClN3O2S/c1-11-2-8-14(9-3-11)24(22,23)15-10-20-17(19)21-16(15)12-4-6-13(18)7-5-12/h2-10H,1H3,(H2,19,20,21). The summed E-state index contributed by atoms with van der Waals surface area (Å²) >= 11 is 5.90. The Balaban J connectivity index is 2.21. The van der Waals surface area contributed by atoms with Crippen LogP contribution in [-0.4, -0.2) is 18.4 Å². The Morgan fingerprint density at radius 2 is 1.62 bits per heavy atom. The molecule has 1 aromatic heterocycles. The van der Waals surface area contributed by atoms with E-state index in [1.54, 1.807) is 48.5 Å². The molecule has 0 fully saturated rings. The lowest BCUT2D eigenvalue weighted by Gasteiger charge is -2.10. The first-order valence-electron chi connectivity index (χ1n) is 7.08. The Morgan fingerprint density at radius 3 is 2.25 bits per heavy atom. The SMILES string of the molecule is Cc1ccc(S(=O)(=O)c2cnc(N)nc2-c2ccc(Cl)cc2)cc1. The molecule has 0 spiro atoms. The number of sulfone groups is 1. The Kier molecular flexibility index (Phi) is 4.26. The molecule has 0 saturated carbocycles. The van der Waals surface area contributed by atoms with Crippen molar-refractivity contribution in [1.82, 2.24) is 9.97 Å². The van der Waals surface area contributed by atoms with Crippen molar-refractivity contribution >= 4 is 27.4 Å². The second-order valence-electron chi connectivity index (χ2n) is 5.26. The number of anilines is 1. The van der Waals surface area contributed by atoms with E-state index in [9.17, 15) is 8.42 Å². The molecular weight excluding hydrogens is 346 g/mol. The van der Waals surface area contributed by atoms with Gasteiger partial charge in [-0.3, -0.25) is 0 Å². The highest BCUT2D eigenvalue weighted by atomic mass is 35.5. The molecule has 2 N–H and O–H groups in total. The van der Waals surface area contributed by atoms with E-state index in [1.165, 1.54) is 6.20 Å². The molecule has 0 aliphatic rings. The van der Waals surface area contributed by atoms with Crippen molar-refractivity contribution < 1.29 is 8.42 Å². The van der Waals surface area contributed by atoms with Gasteiger partial charge >= 0.3 is 0 Å². The van der Waals surface area contributed by atoms with Crippen LogP contribution >= 0.6 is 11.6 Å². The smallest absolute Gasteiger partial charge is 0.220 e. The van der Waals surface area contributed by atoms with Gasteiger partial charge in [-0.1, -0.05) is 41.4 Å². The second kappa shape index (κ2) is 6.22. The number of nitrogens with zero attached hydrogens (tertiary/aromatic N) is 2. The summed E-state index contributed by atoms with van der Waals surface area (Å²) in [6.07, 6.45) is 1.24. The van der Waals surface area contributed by atoms with Crippen LogP contribution in [0.4, 0.5) is 5.95 Å². The van der Waals surface area contributed by atoms with Crippen molar-refractivity contribution in [3.63, 3.8) is 0 Å². The number of nitrogens with two attached hydrogens (primary N) is 1. The minimum atomic E-state index is -3.77. The molecule has 1 heterocycles. The fourth-order valence-corrected chi connectivity index (χ4v) is 3.72. The number of hydrogen-bond donors (Lipinski definition) is 1. The van der Waals surface area contributed by atoms with Crippen LogP contribution in [0.5, 0.6) is 0 Å². The molecule has 24 heavy (non-hydrogen) atoms. The molecular formula is C17H14ClN3O2S. The molecule has 0 bridgehead atoms. The molecule has 2 aromatic carbocycles. The predicted molar refractivity (Wildman–Crippen MR) is 93.5 cm³/mol. The summed E-state index contributed by atoms with van der Waals surface area (Å²) in [6.45, 7) is 1.89. The molecule has 7 heteroatoms. The highest BCUT2D eigenvalue weighted by Gasteiger charge is 2.24. The Labute approximate surface area is 145 Å². The number of aryl methyl sites for hydroxylation is 1. The first kappa shape index (κ1) is 16.4. The largest absolute Gasteiger partial charge is 0.368 e. The molecule has 0 atom stereocenters. The molecule has 3 rings (SSSR count). The monoisotopic (exact) mass is 359 g/mol. The van der Waals surface area contributed by atoms with Gasteiger partial charge in [-0.05, 0) is 31.2 Å². The van der Waals surface area contributed by atoms with Gasteiger partial charge in [0.1, 0.15) is 4.90 Å². The molecule has 0 unspecified atom stereocenters. The molecule has 0 aliphatic heterocycles. The maximum absolute atomic E-state index is 13.0. The summed E-state index contributed by atoms with van der Waals surface area (Å²) in [6, 6.07) is 13.3. The highest BCUT2D eigenvalue weighted by molar-refractivity contribution is 7.91. The van der Waals surface area contributed by atoms with Crippen molar-refractivity contribution in [3.05, 3.63) is 65.3 Å². The van der Waals surface area contributed by atoms with E-state index < -0.39 is 9.84 Å². The summed E-state index contributed by atoms with van der Waals surface area (Å²) in [5.74, 6) is 0.00260. The van der Waals surface area contributed by atoms with Gasteiger partial charge in [0.15, 0.2) is 0 Å². The number of halogens is 1. The first-order chi connectivity index (χ1) is 11.4. The molecule has 0 saturated heterocycles. The van der Waals surface area contributed by atoms with Crippen LogP contribution in [-0.2, 0) is 9.84 Å². The molecule has 5 nitrogen and oxygen atoms in total. The van der Waals surface area contributed by atoms with Crippen LogP contribution in [0.1, 0.15) is 5.56 Å². The molecule has 0 amide bonds. The normalized spacial score (nSPS) is 11.4. The highest BCUT2D eigenvalue weighted by Crippen LogP contribution is 2.30. The number of aromatic nitrogens is 2. The minimum absolute atomic E-state index is 0.00260. The fourth-order valence-electron chi connectivity index (χ4n) is 2.24. The number of benzene rings is 2. The van der Waals surface area contributed by atoms with Gasteiger partial charge in [-0.15, -0.1) is 0 Å². The van der Waals surface area contributed by atoms with Crippen LogP contribution in [0.2, 0.25) is 5.02 Å². The van der Waals surface area contributed by atoms with Gasteiger partial charge in [-0.25, -0.2) is 18.4 Å². The topological polar surface area (TPSA) is 85.9 Å². The third kappa shape index (κ3) is 3.11. The minimum Gasteiger partial charge on any atom is -0.368 e. The van der Waals surface area contributed by atoms with Gasteiger partial charge in [0.25, 0.3) is 0 Å². The van der Waals surface area contributed by atoms with E-state index in [4.69, 9.17) is 17.3 Å². The zero-order valence-electron chi connectivity index (χ0n) is 12.8. The molecule has 122 valence electrons. The quantitative estimate of drug-likeness (QED) is 0.773. The van der Waals surface area contributed by atoms with E-state index in [1.807, 2.05) is 6.92 Å². The maximum atomic E-state index is 13.0. The Bertz CT molecular complexity index is 985. The van der Waals surface area contributed by atoms with Gasteiger partial charge in [0, 0.05) is 10.6 Å². The van der Waals surface area contributed by atoms with Gasteiger partial charge in [0.2, 0.25) is 15.8 Å². The summed E-state index contributed by atoms with van der Waals surface area (Å²) in [5, 5.41) is 0.545. The zero-order chi connectivity index (χ0) is 17.3. The summed E-state index contributed by atoms with van der Waals surface area (Å²) in [5.41, 5.74) is 7.47. The summed E-state index contributed by atoms with van der Waals surface area (Å²) < 4.78 is 25.9. The average molecular weight is 360 g/mol. The van der Waals surface area contributed by atoms with E-state index in [0.29, 0.717) is 10.6 Å². The Morgan fingerprint density at radius 1 is 1.00 bits per heavy atom. The Hall–Kier alpha value is -2.44. The van der Waals surface area contributed by atoms with Gasteiger partial charge in [0.05, 0.1) is 16.8 Å². The first-order valence-corrected chi connectivity index (χ1v) is 8.94. The molecule has 0 radical (unpaired) electrons. The lowest BCUT2D eigenvalue weighted by atomic mass is 10.1. The lowest BCUT2D eigenvalue weighted by Crippen LogP contribution is -2.08. The molecule has 0 aliphatic carbocycles. The lowest BCUT2D eigenvalue weighted by molar-refractivity contribution is 0.595. The van der Waals surface area contributed by atoms with Crippen molar-refractivity contribution in [3.8, 4) is 11.3 Å². The van der Waals surface area contributed by atoms with E-state index in [2.05, 4.69) is 9.97 Å². The average Bonchev–Trinajstić information content (AvgIpc) is 2.55. The van der Waals surface area contributed by atoms with Crippen molar-refractivity contribution in [2.75, 3.05) is 5.73 Å². The van der Waals surface area contributed by atoms with Crippen LogP contribution in [0.25, 0.3) is 11.3 Å². The van der Waals surface area contributed by atoms with E-state index in [-0.39, 0.29) is 21.4 Å². The zero-order valence-corrected chi connectivity index (χ0v) is 14.3. The molecule has 3 aromatic rings. The third-order valence-electron chi connectivity index (χ3n) is 3.51. The second-order valence-corrected chi connectivity index (χ2v) is 7.62. The fraction of sp³-hybridized carbons (Fsp3) is 0.0588. The predicted octanol–water partition coefficient (Wildman–Crippen LogP) is 3.52. The third-order valence-corrected chi connectivity index (χ3v) is 5.53. The van der Waals surface area contributed by atoms with E-state index in [0.717, 1.165) is 5.56 Å². The van der Waals surface area contributed by atoms with Gasteiger partial charge in [-0.2, -0.15) is 0 Å². The van der Waals surface area contributed by atoms with Crippen LogP contribution in [0.3, 0.4) is 0 Å². The van der Waals surface area contributed by atoms with Crippen molar-refractivity contribution in [2.45, 2.75) is 16.7 Å². The van der Waals surface area contributed by atoms with Crippen LogP contribution in [0, 0.1) is 6.92 Å². The number of nitrogen functional groups attached to an aromatic ring is 1. The van der Waals surface area contributed by atoms with Gasteiger partial charge < -0.3 is 5.73 Å². The van der Waals surface area contributed by atoms with Crippen molar-refractivity contribution in [2.24, 2.45) is 0 Å². The number of hydrogen-bond acceptors (Lipinski definition) is 5. The number of rotatable bonds is 3. The summed E-state index contributed by atoms with van der Waals surface area (Å²) in [7, 11) is -3.77.